The number of halogens is 2. The minimum atomic E-state index is -2.67. The molecule has 0 aliphatic heterocycles. The molecule has 27 heavy (non-hydrogen) atoms. The van der Waals surface area contributed by atoms with Gasteiger partial charge < -0.3 is 5.32 Å². The molecule has 14 heteroatoms. The number of benzene rings is 1. The molecule has 0 saturated carbocycles. The third-order valence-corrected chi connectivity index (χ3v) is 3.78. The molecule has 152 valence electrons. The normalized spacial score (nSPS) is 12.2. The summed E-state index contributed by atoms with van der Waals surface area (Å²) in [6, 6.07) is 4.20. The fourth-order valence-corrected chi connectivity index (χ4v) is 2.22. The van der Waals surface area contributed by atoms with Gasteiger partial charge in [0.25, 0.3) is 0 Å². The molecule has 0 atom stereocenters. The summed E-state index contributed by atoms with van der Waals surface area (Å²) in [4.78, 5) is 4.16. The number of rotatable bonds is 6. The van der Waals surface area contributed by atoms with Crippen LogP contribution >= 0.6 is 38.5 Å². The maximum atomic E-state index is 13.2. The SMILES string of the molecule is CS(N)(O)O.CSCCNc1nonc1C(=Nc1ccc(F)c(Br)c1)NO. The molecule has 10 nitrogen and oxygen atoms in total. The molecule has 2 aromatic rings. The standard InChI is InChI=1S/C12H13BrFN5O2S.CH7NO2S/c1-22-5-4-15-11-10(18-21-19-11)12(17-20)16-7-2-3-9(14)8(13)6-7;1-5(2,3)4/h2-3,6,20H,4-5H2,1H3,(H,15,19)(H,16,17);3-4H,2H2,1H3. The van der Waals surface area contributed by atoms with E-state index in [1.54, 1.807) is 11.8 Å². The van der Waals surface area contributed by atoms with E-state index >= 15 is 0 Å². The molecule has 0 aliphatic rings. The van der Waals surface area contributed by atoms with Crippen molar-refractivity contribution in [2.75, 3.05) is 30.1 Å². The first-order valence-electron chi connectivity index (χ1n) is 7.16. The zero-order valence-corrected chi connectivity index (χ0v) is 17.6. The average Bonchev–Trinajstić information content (AvgIpc) is 3.03. The minimum absolute atomic E-state index is 0.0337. The molecule has 0 radical (unpaired) electrons. The molecule has 7 N–H and O–H groups in total. The second-order valence-electron chi connectivity index (χ2n) is 4.94. The molecule has 1 heterocycles. The van der Waals surface area contributed by atoms with Crippen molar-refractivity contribution < 1.29 is 23.3 Å². The van der Waals surface area contributed by atoms with Gasteiger partial charge in [0.05, 0.1) is 10.2 Å². The predicted octanol–water partition coefficient (Wildman–Crippen LogP) is 3.04. The Morgan fingerprint density at radius 1 is 1.44 bits per heavy atom. The maximum absolute atomic E-state index is 13.2. The number of nitrogens with one attached hydrogen (secondary N) is 2. The second kappa shape index (κ2) is 11.4. The van der Waals surface area contributed by atoms with Gasteiger partial charge in [0.2, 0.25) is 5.82 Å². The highest BCUT2D eigenvalue weighted by atomic mass is 79.9. The fourth-order valence-electron chi connectivity index (χ4n) is 1.55. The smallest absolute Gasteiger partial charge is 0.202 e. The van der Waals surface area contributed by atoms with Crippen molar-refractivity contribution in [1.82, 2.24) is 15.8 Å². The van der Waals surface area contributed by atoms with E-state index in [0.29, 0.717) is 18.1 Å². The van der Waals surface area contributed by atoms with Crippen LogP contribution in [0, 0.1) is 5.82 Å². The molecule has 0 saturated heterocycles. The van der Waals surface area contributed by atoms with Gasteiger partial charge in [-0.3, -0.25) is 19.8 Å². The Labute approximate surface area is 169 Å². The van der Waals surface area contributed by atoms with Gasteiger partial charge >= 0.3 is 0 Å². The van der Waals surface area contributed by atoms with Crippen molar-refractivity contribution in [2.45, 2.75) is 0 Å². The fraction of sp³-hybridized carbons (Fsp3) is 0.308. The first kappa shape index (κ1) is 23.6. The van der Waals surface area contributed by atoms with Crippen LogP contribution in [0.1, 0.15) is 5.69 Å². The molecule has 0 bridgehead atoms. The molecular weight excluding hydrogens is 467 g/mol. The van der Waals surface area contributed by atoms with Gasteiger partial charge in [-0.05, 0) is 50.7 Å². The summed E-state index contributed by atoms with van der Waals surface area (Å²) in [5.74, 6) is 0.859. The molecule has 1 aromatic heterocycles. The van der Waals surface area contributed by atoms with Gasteiger partial charge in [0, 0.05) is 18.6 Å². The molecule has 0 aliphatic carbocycles. The number of aliphatic imine (C=N–C) groups is 1. The summed E-state index contributed by atoms with van der Waals surface area (Å²) in [6.45, 7) is 0.656. The number of hydrogen-bond donors (Lipinski definition) is 6. The molecule has 0 spiro atoms. The molecule has 2 rings (SSSR count). The van der Waals surface area contributed by atoms with Crippen molar-refractivity contribution in [3.63, 3.8) is 0 Å². The van der Waals surface area contributed by atoms with E-state index < -0.39 is 16.6 Å². The van der Waals surface area contributed by atoms with E-state index in [1.165, 1.54) is 18.2 Å². The Hall–Kier alpha value is -1.42. The summed E-state index contributed by atoms with van der Waals surface area (Å²) >= 11 is 4.75. The lowest BCUT2D eigenvalue weighted by Gasteiger charge is -2.17. The quantitative estimate of drug-likeness (QED) is 0.155. The van der Waals surface area contributed by atoms with E-state index in [0.717, 1.165) is 12.0 Å². The Bertz CT molecular complexity index is 753. The second-order valence-corrected chi connectivity index (χ2v) is 8.57. The number of nitrogens with zero attached hydrogens (tertiary/aromatic N) is 3. The third-order valence-electron chi connectivity index (χ3n) is 2.56. The molecule has 0 unspecified atom stereocenters. The highest BCUT2D eigenvalue weighted by molar-refractivity contribution is 9.10. The van der Waals surface area contributed by atoms with Gasteiger partial charge in [-0.15, -0.1) is 10.8 Å². The topological polar surface area (TPSA) is 162 Å². The number of anilines is 1. The van der Waals surface area contributed by atoms with Crippen LogP contribution in [0.25, 0.3) is 0 Å². The van der Waals surface area contributed by atoms with E-state index in [9.17, 15) is 9.60 Å². The van der Waals surface area contributed by atoms with Crippen LogP contribution in [-0.4, -0.2) is 55.3 Å². The van der Waals surface area contributed by atoms with Crippen molar-refractivity contribution >= 4 is 55.8 Å². The lowest BCUT2D eigenvalue weighted by molar-refractivity contribution is 0.234. The van der Waals surface area contributed by atoms with E-state index in [2.05, 4.69) is 46.3 Å². The van der Waals surface area contributed by atoms with Gasteiger partial charge in [0.15, 0.2) is 11.5 Å². The number of aromatic nitrogens is 2. The van der Waals surface area contributed by atoms with Crippen molar-refractivity contribution in [1.29, 1.82) is 0 Å². The van der Waals surface area contributed by atoms with Crippen LogP contribution in [0.15, 0.2) is 32.3 Å². The zero-order chi connectivity index (χ0) is 20.4. The van der Waals surface area contributed by atoms with Gasteiger partial charge in [-0.1, -0.05) is 0 Å². The number of hydroxylamine groups is 1. The molecule has 0 fully saturated rings. The number of amidine groups is 1. The van der Waals surface area contributed by atoms with Crippen LogP contribution in [0.3, 0.4) is 0 Å². The van der Waals surface area contributed by atoms with E-state index in [4.69, 9.17) is 9.11 Å². The van der Waals surface area contributed by atoms with Crippen LogP contribution in [0.4, 0.5) is 15.9 Å². The molecule has 1 aromatic carbocycles. The minimum Gasteiger partial charge on any atom is -0.364 e. The third kappa shape index (κ3) is 9.37. The number of thioether (sulfide) groups is 1. The molecule has 0 amide bonds. The van der Waals surface area contributed by atoms with Crippen molar-refractivity contribution in [2.24, 2.45) is 10.1 Å². The number of hydrogen-bond acceptors (Lipinski definition) is 10. The largest absolute Gasteiger partial charge is 0.364 e. The maximum Gasteiger partial charge on any atom is 0.202 e. The molecular formula is C13H20BrFN6O4S2. The Morgan fingerprint density at radius 2 is 2.11 bits per heavy atom. The average molecular weight is 487 g/mol. The van der Waals surface area contributed by atoms with Crippen molar-refractivity contribution in [3.05, 3.63) is 34.2 Å². The lowest BCUT2D eigenvalue weighted by atomic mass is 10.3. The Morgan fingerprint density at radius 3 is 2.67 bits per heavy atom. The van der Waals surface area contributed by atoms with E-state index in [1.807, 2.05) is 11.7 Å². The van der Waals surface area contributed by atoms with Gasteiger partial charge in [0.1, 0.15) is 5.82 Å². The first-order chi connectivity index (χ1) is 12.7. The summed E-state index contributed by atoms with van der Waals surface area (Å²) in [6.07, 6.45) is 3.14. The van der Waals surface area contributed by atoms with Gasteiger partial charge in [-0.25, -0.2) is 19.2 Å². The summed E-state index contributed by atoms with van der Waals surface area (Å²) in [7, 11) is -2.67. The lowest BCUT2D eigenvalue weighted by Crippen LogP contribution is -2.22. The summed E-state index contributed by atoms with van der Waals surface area (Å²) in [5, 5.41) is 24.3. The van der Waals surface area contributed by atoms with Gasteiger partial charge in [-0.2, -0.15) is 11.8 Å². The highest BCUT2D eigenvalue weighted by Gasteiger charge is 2.16. The summed E-state index contributed by atoms with van der Waals surface area (Å²) in [5.41, 5.74) is 2.60. The van der Waals surface area contributed by atoms with Crippen LogP contribution in [0.5, 0.6) is 0 Å². The zero-order valence-electron chi connectivity index (χ0n) is 14.4. The highest BCUT2D eigenvalue weighted by Crippen LogP contribution is 2.23. The van der Waals surface area contributed by atoms with E-state index in [-0.39, 0.29) is 16.0 Å². The Balaban J connectivity index is 0.000000646. The van der Waals surface area contributed by atoms with Crippen LogP contribution < -0.4 is 15.9 Å². The van der Waals surface area contributed by atoms with Crippen LogP contribution in [0.2, 0.25) is 0 Å². The first-order valence-corrected chi connectivity index (χ1v) is 11.4. The monoisotopic (exact) mass is 486 g/mol. The summed E-state index contributed by atoms with van der Waals surface area (Å²) < 4.78 is 34.0. The predicted molar refractivity (Wildman–Crippen MR) is 109 cm³/mol. The van der Waals surface area contributed by atoms with Crippen LogP contribution in [-0.2, 0) is 0 Å². The number of nitrogens with two attached hydrogens (primary N) is 1. The van der Waals surface area contributed by atoms with Crippen molar-refractivity contribution in [3.8, 4) is 0 Å². The Kier molecular flexibility index (Phi) is 10.00.